The quantitative estimate of drug-likeness (QED) is 0.897. The van der Waals surface area contributed by atoms with E-state index >= 15 is 0 Å². The predicted molar refractivity (Wildman–Crippen MR) is 96.8 cm³/mol. The summed E-state index contributed by atoms with van der Waals surface area (Å²) in [5.41, 5.74) is 1.18. The Bertz CT molecular complexity index is 597. The summed E-state index contributed by atoms with van der Waals surface area (Å²) in [4.78, 5) is 15.0. The van der Waals surface area contributed by atoms with Gasteiger partial charge in [0.15, 0.2) is 0 Å². The number of piperidine rings is 1. The lowest BCUT2D eigenvalue weighted by Crippen LogP contribution is -2.45. The van der Waals surface area contributed by atoms with Gasteiger partial charge in [0.1, 0.15) is 0 Å². The number of carbonyl (C=O) groups is 1. The van der Waals surface area contributed by atoms with Crippen molar-refractivity contribution in [2.45, 2.75) is 51.1 Å². The number of nitrogens with zero attached hydrogens (tertiary/aromatic N) is 1. The first-order chi connectivity index (χ1) is 11.7. The molecule has 0 unspecified atom stereocenters. The molecule has 3 aliphatic rings. The second-order valence-corrected chi connectivity index (χ2v) is 8.34. The Morgan fingerprint density at radius 3 is 2.58 bits per heavy atom. The Balaban J connectivity index is 1.25. The van der Waals surface area contributed by atoms with E-state index in [9.17, 15) is 4.79 Å². The van der Waals surface area contributed by atoms with E-state index in [0.717, 1.165) is 49.3 Å². The number of likely N-dealkylation sites (tertiary alicyclic amines) is 1. The van der Waals surface area contributed by atoms with Gasteiger partial charge in [-0.05, 0) is 68.7 Å². The molecule has 1 amide bonds. The lowest BCUT2D eigenvalue weighted by atomic mass is 9.92. The number of rotatable bonds is 4. The zero-order valence-electron chi connectivity index (χ0n) is 14.2. The minimum Gasteiger partial charge on any atom is -0.353 e. The molecule has 1 heterocycles. The molecule has 3 atom stereocenters. The molecule has 1 aliphatic heterocycles. The normalized spacial score (nSPS) is 30.6. The molecule has 0 radical (unpaired) electrons. The van der Waals surface area contributed by atoms with Crippen LogP contribution in [0.25, 0.3) is 0 Å². The molecule has 3 nitrogen and oxygen atoms in total. The fraction of sp³-hybridized carbons (Fsp3) is 0.650. The fourth-order valence-corrected chi connectivity index (χ4v) is 5.14. The van der Waals surface area contributed by atoms with Crippen LogP contribution >= 0.6 is 11.6 Å². The van der Waals surface area contributed by atoms with Gasteiger partial charge in [-0.3, -0.25) is 9.69 Å². The molecular weight excluding hydrogens is 320 g/mol. The Labute approximate surface area is 149 Å². The van der Waals surface area contributed by atoms with Gasteiger partial charge in [0.2, 0.25) is 5.91 Å². The molecule has 0 spiro atoms. The van der Waals surface area contributed by atoms with E-state index < -0.39 is 0 Å². The van der Waals surface area contributed by atoms with E-state index in [-0.39, 0.29) is 5.92 Å². The van der Waals surface area contributed by atoms with Crippen molar-refractivity contribution < 1.29 is 4.79 Å². The number of halogens is 1. The average Bonchev–Trinajstić information content (AvgIpc) is 3.20. The lowest BCUT2D eigenvalue weighted by molar-refractivity contribution is -0.127. The van der Waals surface area contributed by atoms with Crippen LogP contribution in [0.3, 0.4) is 0 Å². The maximum absolute atomic E-state index is 12.6. The van der Waals surface area contributed by atoms with Crippen molar-refractivity contribution in [3.05, 3.63) is 34.9 Å². The molecule has 1 aromatic carbocycles. The molecule has 130 valence electrons. The summed E-state index contributed by atoms with van der Waals surface area (Å²) in [5.74, 6) is 2.16. The number of hydrogen-bond donors (Lipinski definition) is 1. The van der Waals surface area contributed by atoms with Crippen molar-refractivity contribution in [1.29, 1.82) is 0 Å². The van der Waals surface area contributed by atoms with Gasteiger partial charge in [-0.1, -0.05) is 36.2 Å². The first kappa shape index (κ1) is 16.4. The van der Waals surface area contributed by atoms with E-state index in [4.69, 9.17) is 11.6 Å². The number of nitrogens with one attached hydrogen (secondary N) is 1. The van der Waals surface area contributed by atoms with Crippen LogP contribution in [0, 0.1) is 17.8 Å². The molecule has 2 saturated carbocycles. The molecule has 1 aromatic rings. The van der Waals surface area contributed by atoms with Gasteiger partial charge < -0.3 is 5.32 Å². The van der Waals surface area contributed by atoms with E-state index in [1.165, 1.54) is 31.2 Å². The third-order valence-corrected chi connectivity index (χ3v) is 6.74. The number of hydrogen-bond acceptors (Lipinski definition) is 2. The van der Waals surface area contributed by atoms with Crippen LogP contribution in [0.1, 0.15) is 44.1 Å². The first-order valence-electron chi connectivity index (χ1n) is 9.45. The lowest BCUT2D eigenvalue weighted by Gasteiger charge is -2.33. The van der Waals surface area contributed by atoms with Crippen molar-refractivity contribution in [2.24, 2.45) is 17.8 Å². The van der Waals surface area contributed by atoms with Crippen molar-refractivity contribution in [1.82, 2.24) is 10.2 Å². The third kappa shape index (κ3) is 3.48. The summed E-state index contributed by atoms with van der Waals surface area (Å²) >= 11 is 6.26. The van der Waals surface area contributed by atoms with Crippen LogP contribution in [-0.2, 0) is 11.3 Å². The van der Waals surface area contributed by atoms with Crippen LogP contribution in [0.4, 0.5) is 0 Å². The highest BCUT2D eigenvalue weighted by Crippen LogP contribution is 2.44. The van der Waals surface area contributed by atoms with Crippen molar-refractivity contribution in [3.8, 4) is 0 Å². The smallest absolute Gasteiger partial charge is 0.223 e. The zero-order chi connectivity index (χ0) is 16.5. The Morgan fingerprint density at radius 1 is 1.12 bits per heavy atom. The van der Waals surface area contributed by atoms with E-state index in [1.807, 2.05) is 18.2 Å². The summed E-state index contributed by atoms with van der Waals surface area (Å²) in [6.07, 6.45) is 7.22. The zero-order valence-corrected chi connectivity index (χ0v) is 15.0. The van der Waals surface area contributed by atoms with Crippen LogP contribution in [-0.4, -0.2) is 29.9 Å². The van der Waals surface area contributed by atoms with Crippen molar-refractivity contribution in [2.75, 3.05) is 13.1 Å². The summed E-state index contributed by atoms with van der Waals surface area (Å²) in [5, 5.41) is 4.22. The van der Waals surface area contributed by atoms with Gasteiger partial charge in [-0.25, -0.2) is 0 Å². The third-order valence-electron chi connectivity index (χ3n) is 6.38. The number of fused-ring (bicyclic) bond motifs is 2. The van der Waals surface area contributed by atoms with Crippen molar-refractivity contribution >= 4 is 17.5 Å². The Kier molecular flexibility index (Phi) is 4.82. The number of amides is 1. The van der Waals surface area contributed by atoms with Gasteiger partial charge in [0, 0.05) is 23.5 Å². The molecular formula is C20H27ClN2O. The summed E-state index contributed by atoms with van der Waals surface area (Å²) in [7, 11) is 0. The van der Waals surface area contributed by atoms with Crippen LogP contribution < -0.4 is 5.32 Å². The molecule has 2 aliphatic carbocycles. The summed E-state index contributed by atoms with van der Waals surface area (Å²) in [6, 6.07) is 8.52. The van der Waals surface area contributed by atoms with Gasteiger partial charge in [0.05, 0.1) is 0 Å². The first-order valence-corrected chi connectivity index (χ1v) is 9.83. The van der Waals surface area contributed by atoms with E-state index in [0.29, 0.717) is 11.9 Å². The molecule has 4 rings (SSSR count). The van der Waals surface area contributed by atoms with E-state index in [1.54, 1.807) is 0 Å². The summed E-state index contributed by atoms with van der Waals surface area (Å²) < 4.78 is 0. The van der Waals surface area contributed by atoms with Crippen LogP contribution in [0.2, 0.25) is 5.02 Å². The Morgan fingerprint density at radius 2 is 1.92 bits per heavy atom. The SMILES string of the molecule is O=C(N[C@@H]1C[C@H]2CC[C@@H]1C2)C1CCN(Cc2ccccc2Cl)CC1. The molecule has 1 N–H and O–H groups in total. The fourth-order valence-electron chi connectivity index (χ4n) is 4.94. The second kappa shape index (κ2) is 7.05. The maximum Gasteiger partial charge on any atom is 0.223 e. The van der Waals surface area contributed by atoms with E-state index in [2.05, 4.69) is 16.3 Å². The van der Waals surface area contributed by atoms with Crippen LogP contribution in [0.5, 0.6) is 0 Å². The minimum atomic E-state index is 0.201. The highest BCUT2D eigenvalue weighted by Gasteiger charge is 2.40. The topological polar surface area (TPSA) is 32.3 Å². The Hall–Kier alpha value is -1.06. The molecule has 0 aromatic heterocycles. The minimum absolute atomic E-state index is 0.201. The summed E-state index contributed by atoms with van der Waals surface area (Å²) in [6.45, 7) is 2.86. The maximum atomic E-state index is 12.6. The largest absolute Gasteiger partial charge is 0.353 e. The molecule has 24 heavy (non-hydrogen) atoms. The van der Waals surface area contributed by atoms with Gasteiger partial charge in [-0.2, -0.15) is 0 Å². The standard InChI is InChI=1S/C20H27ClN2O/c21-18-4-2-1-3-17(18)13-23-9-7-15(8-10-23)20(24)22-19-12-14-5-6-16(19)11-14/h1-4,14-16,19H,5-13H2,(H,22,24)/t14-,16+,19+/m0/s1. The number of benzene rings is 1. The van der Waals surface area contributed by atoms with Gasteiger partial charge >= 0.3 is 0 Å². The highest BCUT2D eigenvalue weighted by atomic mass is 35.5. The highest BCUT2D eigenvalue weighted by molar-refractivity contribution is 6.31. The average molecular weight is 347 g/mol. The van der Waals surface area contributed by atoms with Gasteiger partial charge in [0.25, 0.3) is 0 Å². The molecule has 3 fully saturated rings. The monoisotopic (exact) mass is 346 g/mol. The predicted octanol–water partition coefficient (Wildman–Crippen LogP) is 3.86. The molecule has 1 saturated heterocycles. The molecule has 2 bridgehead atoms. The van der Waals surface area contributed by atoms with Gasteiger partial charge in [-0.15, -0.1) is 0 Å². The molecule has 4 heteroatoms. The van der Waals surface area contributed by atoms with Crippen molar-refractivity contribution in [3.63, 3.8) is 0 Å². The number of carbonyl (C=O) groups excluding carboxylic acids is 1. The van der Waals surface area contributed by atoms with Crippen LogP contribution in [0.15, 0.2) is 24.3 Å². The second-order valence-electron chi connectivity index (χ2n) is 7.93.